The molecule has 3 rings (SSSR count). The molecule has 0 bridgehead atoms. The number of hydrogen-bond donors (Lipinski definition) is 1. The van der Waals surface area contributed by atoms with Crippen LogP contribution in [0, 0.1) is 6.92 Å². The maximum atomic E-state index is 12.1. The normalized spacial score (nSPS) is 14.3. The lowest BCUT2D eigenvalue weighted by molar-refractivity contribution is -0.120. The number of aryl methyl sites for hydroxylation is 1. The summed E-state index contributed by atoms with van der Waals surface area (Å²) >= 11 is 0. The van der Waals surface area contributed by atoms with Crippen LogP contribution in [0.15, 0.2) is 34.7 Å². The quantitative estimate of drug-likeness (QED) is 0.869. The molecule has 1 saturated heterocycles. The van der Waals surface area contributed by atoms with E-state index in [1.807, 2.05) is 30.3 Å². The number of rotatable bonds is 6. The SMILES string of the molecule is Cc1oc(-c2ccccc2)nc1CC(=O)NCCN1CCCOC1=O. The lowest BCUT2D eigenvalue weighted by Gasteiger charge is -2.26. The van der Waals surface area contributed by atoms with Gasteiger partial charge in [0.05, 0.1) is 18.7 Å². The number of cyclic esters (lactones) is 1. The van der Waals surface area contributed by atoms with Gasteiger partial charge in [0.2, 0.25) is 11.8 Å². The van der Waals surface area contributed by atoms with Crippen LogP contribution in [0.4, 0.5) is 4.79 Å². The van der Waals surface area contributed by atoms with Crippen LogP contribution >= 0.6 is 0 Å². The maximum Gasteiger partial charge on any atom is 0.409 e. The van der Waals surface area contributed by atoms with Crippen molar-refractivity contribution >= 4 is 12.0 Å². The van der Waals surface area contributed by atoms with Gasteiger partial charge in [0.15, 0.2) is 0 Å². The summed E-state index contributed by atoms with van der Waals surface area (Å²) in [5.41, 5.74) is 1.50. The fourth-order valence-electron chi connectivity index (χ4n) is 2.64. The molecule has 0 atom stereocenters. The first-order valence-electron chi connectivity index (χ1n) is 8.33. The zero-order valence-electron chi connectivity index (χ0n) is 14.2. The Morgan fingerprint density at radius 2 is 2.12 bits per heavy atom. The van der Waals surface area contributed by atoms with Crippen molar-refractivity contribution < 1.29 is 18.7 Å². The summed E-state index contributed by atoms with van der Waals surface area (Å²) in [5, 5.41) is 2.81. The summed E-state index contributed by atoms with van der Waals surface area (Å²) in [6.45, 7) is 3.76. The fraction of sp³-hybridized carbons (Fsp3) is 0.389. The van der Waals surface area contributed by atoms with Crippen molar-refractivity contribution in [3.63, 3.8) is 0 Å². The molecule has 1 N–H and O–H groups in total. The van der Waals surface area contributed by atoms with Gasteiger partial charge < -0.3 is 19.4 Å². The van der Waals surface area contributed by atoms with Crippen LogP contribution in [0.3, 0.4) is 0 Å². The average molecular weight is 343 g/mol. The summed E-state index contributed by atoms with van der Waals surface area (Å²) in [6, 6.07) is 9.56. The van der Waals surface area contributed by atoms with Gasteiger partial charge in [-0.15, -0.1) is 0 Å². The second-order valence-corrected chi connectivity index (χ2v) is 5.87. The van der Waals surface area contributed by atoms with Gasteiger partial charge in [0, 0.05) is 25.2 Å². The Hall–Kier alpha value is -2.83. The Labute approximate surface area is 146 Å². The predicted molar refractivity (Wildman–Crippen MR) is 90.9 cm³/mol. The van der Waals surface area contributed by atoms with Crippen LogP contribution in [0.1, 0.15) is 17.9 Å². The van der Waals surface area contributed by atoms with Gasteiger partial charge in [0.1, 0.15) is 5.76 Å². The highest BCUT2D eigenvalue weighted by Crippen LogP contribution is 2.21. The average Bonchev–Trinajstić information content (AvgIpc) is 2.98. The second kappa shape index (κ2) is 7.83. The van der Waals surface area contributed by atoms with E-state index in [0.717, 1.165) is 12.0 Å². The van der Waals surface area contributed by atoms with Gasteiger partial charge in [-0.05, 0) is 25.5 Å². The van der Waals surface area contributed by atoms with Crippen molar-refractivity contribution in [3.05, 3.63) is 41.8 Å². The van der Waals surface area contributed by atoms with E-state index in [-0.39, 0.29) is 18.4 Å². The number of benzene rings is 1. The smallest absolute Gasteiger partial charge is 0.409 e. The topological polar surface area (TPSA) is 84.7 Å². The van der Waals surface area contributed by atoms with Crippen LogP contribution in [0.2, 0.25) is 0 Å². The molecule has 1 aliphatic rings. The number of hydrogen-bond acceptors (Lipinski definition) is 5. The molecule has 132 valence electrons. The minimum Gasteiger partial charge on any atom is -0.449 e. The molecule has 2 heterocycles. The monoisotopic (exact) mass is 343 g/mol. The van der Waals surface area contributed by atoms with E-state index < -0.39 is 0 Å². The van der Waals surface area contributed by atoms with E-state index in [2.05, 4.69) is 10.3 Å². The molecule has 7 nitrogen and oxygen atoms in total. The van der Waals surface area contributed by atoms with E-state index in [1.165, 1.54) is 0 Å². The number of nitrogens with one attached hydrogen (secondary N) is 1. The van der Waals surface area contributed by atoms with Crippen LogP contribution in [0.5, 0.6) is 0 Å². The Balaban J connectivity index is 1.51. The van der Waals surface area contributed by atoms with Crippen molar-refractivity contribution in [1.82, 2.24) is 15.2 Å². The molecule has 1 aliphatic heterocycles. The molecule has 1 aromatic carbocycles. The van der Waals surface area contributed by atoms with E-state index in [9.17, 15) is 9.59 Å². The molecule has 0 aliphatic carbocycles. The number of oxazole rings is 1. The Bertz CT molecular complexity index is 742. The summed E-state index contributed by atoms with van der Waals surface area (Å²) < 4.78 is 10.6. The zero-order valence-corrected chi connectivity index (χ0v) is 14.2. The highest BCUT2D eigenvalue weighted by atomic mass is 16.6. The summed E-state index contributed by atoms with van der Waals surface area (Å²) in [6.07, 6.45) is 0.646. The minimum atomic E-state index is -0.319. The number of aromatic nitrogens is 1. The van der Waals surface area contributed by atoms with Gasteiger partial charge >= 0.3 is 6.09 Å². The summed E-state index contributed by atoms with van der Waals surface area (Å²) in [4.78, 5) is 29.6. The summed E-state index contributed by atoms with van der Waals surface area (Å²) in [5.74, 6) is 0.993. The third-order valence-electron chi connectivity index (χ3n) is 4.00. The Morgan fingerprint density at radius 1 is 1.32 bits per heavy atom. The molecule has 0 unspecified atom stereocenters. The maximum absolute atomic E-state index is 12.1. The number of nitrogens with zero attached hydrogens (tertiary/aromatic N) is 2. The first kappa shape index (κ1) is 17.0. The van der Waals surface area contributed by atoms with E-state index in [0.29, 0.717) is 43.6 Å². The van der Waals surface area contributed by atoms with Crippen molar-refractivity contribution in [1.29, 1.82) is 0 Å². The third-order valence-corrected chi connectivity index (χ3v) is 4.00. The number of ether oxygens (including phenoxy) is 1. The van der Waals surface area contributed by atoms with Crippen LogP contribution in [-0.4, -0.2) is 48.1 Å². The number of amides is 2. The lowest BCUT2D eigenvalue weighted by Crippen LogP contribution is -2.42. The van der Waals surface area contributed by atoms with Crippen molar-refractivity contribution in [2.45, 2.75) is 19.8 Å². The molecule has 2 aromatic rings. The van der Waals surface area contributed by atoms with Gasteiger partial charge in [-0.3, -0.25) is 4.79 Å². The third kappa shape index (κ3) is 4.37. The lowest BCUT2D eigenvalue weighted by atomic mass is 10.2. The molecule has 25 heavy (non-hydrogen) atoms. The van der Waals surface area contributed by atoms with E-state index in [1.54, 1.807) is 11.8 Å². The Morgan fingerprint density at radius 3 is 2.88 bits per heavy atom. The van der Waals surface area contributed by atoms with Gasteiger partial charge in [-0.1, -0.05) is 18.2 Å². The molecule has 0 saturated carbocycles. The first-order valence-corrected chi connectivity index (χ1v) is 8.33. The molecule has 0 spiro atoms. The van der Waals surface area contributed by atoms with Crippen LogP contribution in [0.25, 0.3) is 11.5 Å². The Kier molecular flexibility index (Phi) is 5.33. The highest BCUT2D eigenvalue weighted by molar-refractivity contribution is 5.78. The molecule has 1 fully saturated rings. The standard InChI is InChI=1S/C18H21N3O4/c1-13-15(20-17(25-13)14-6-3-2-4-7-14)12-16(22)19-8-10-21-9-5-11-24-18(21)23/h2-4,6-7H,5,8-12H2,1H3,(H,19,22). The number of carbonyl (C=O) groups is 2. The van der Waals surface area contributed by atoms with E-state index >= 15 is 0 Å². The zero-order chi connectivity index (χ0) is 17.6. The highest BCUT2D eigenvalue weighted by Gasteiger charge is 2.19. The summed E-state index contributed by atoms with van der Waals surface area (Å²) in [7, 11) is 0. The predicted octanol–water partition coefficient (Wildman–Crippen LogP) is 2.15. The molecule has 1 aromatic heterocycles. The van der Waals surface area contributed by atoms with Crippen molar-refractivity contribution in [3.8, 4) is 11.5 Å². The van der Waals surface area contributed by atoms with Crippen molar-refractivity contribution in [2.24, 2.45) is 0 Å². The first-order chi connectivity index (χ1) is 12.1. The van der Waals surface area contributed by atoms with Gasteiger partial charge in [-0.2, -0.15) is 0 Å². The largest absolute Gasteiger partial charge is 0.449 e. The number of carbonyl (C=O) groups excluding carboxylic acids is 2. The van der Waals surface area contributed by atoms with Gasteiger partial charge in [-0.25, -0.2) is 9.78 Å². The van der Waals surface area contributed by atoms with Crippen molar-refractivity contribution in [2.75, 3.05) is 26.2 Å². The molecule has 0 radical (unpaired) electrons. The minimum absolute atomic E-state index is 0.145. The molecular weight excluding hydrogens is 322 g/mol. The molecule has 2 amide bonds. The van der Waals surface area contributed by atoms with Crippen LogP contribution in [-0.2, 0) is 16.0 Å². The van der Waals surface area contributed by atoms with Crippen LogP contribution < -0.4 is 5.32 Å². The van der Waals surface area contributed by atoms with Gasteiger partial charge in [0.25, 0.3) is 0 Å². The fourth-order valence-corrected chi connectivity index (χ4v) is 2.64. The van der Waals surface area contributed by atoms with E-state index in [4.69, 9.17) is 9.15 Å². The second-order valence-electron chi connectivity index (χ2n) is 5.87. The molecular formula is C18H21N3O4. The molecule has 7 heteroatoms.